The first-order chi connectivity index (χ1) is 18.9. The second-order valence-corrected chi connectivity index (χ2v) is 10.3. The zero-order valence-corrected chi connectivity index (χ0v) is 22.1. The Kier molecular flexibility index (Phi) is 6.82. The number of nitrogens with one attached hydrogen (secondary N) is 2. The van der Waals surface area contributed by atoms with Gasteiger partial charge in [0.1, 0.15) is 29.1 Å². The molecule has 0 radical (unpaired) electrons. The van der Waals surface area contributed by atoms with Gasteiger partial charge in [0.05, 0.1) is 35.2 Å². The summed E-state index contributed by atoms with van der Waals surface area (Å²) in [4.78, 5) is 36.4. The van der Waals surface area contributed by atoms with Crippen molar-refractivity contribution in [2.45, 2.75) is 44.2 Å². The molecule has 39 heavy (non-hydrogen) atoms. The molecule has 1 fully saturated rings. The summed E-state index contributed by atoms with van der Waals surface area (Å²) in [6, 6.07) is 7.67. The van der Waals surface area contributed by atoms with Crippen molar-refractivity contribution in [3.05, 3.63) is 75.6 Å². The number of anilines is 2. The average Bonchev–Trinajstić information content (AvgIpc) is 3.77. The second-order valence-electron chi connectivity index (χ2n) is 9.89. The summed E-state index contributed by atoms with van der Waals surface area (Å²) in [6.45, 7) is 0.989. The lowest BCUT2D eigenvalue weighted by molar-refractivity contribution is 0.0932. The Morgan fingerprint density at radius 3 is 2.90 bits per heavy atom. The lowest BCUT2D eigenvalue weighted by atomic mass is 9.98. The van der Waals surface area contributed by atoms with Crippen LogP contribution in [-0.4, -0.2) is 42.2 Å². The van der Waals surface area contributed by atoms with Gasteiger partial charge < -0.3 is 20.1 Å². The van der Waals surface area contributed by atoms with Crippen molar-refractivity contribution < 1.29 is 23.5 Å². The van der Waals surface area contributed by atoms with E-state index in [0.717, 1.165) is 29.7 Å². The molecule has 6 rings (SSSR count). The summed E-state index contributed by atoms with van der Waals surface area (Å²) in [7, 11) is 1.56. The monoisotopic (exact) mass is 551 g/mol. The number of aryl methyl sites for hydroxylation is 1. The van der Waals surface area contributed by atoms with Gasteiger partial charge in [-0.2, -0.15) is 0 Å². The van der Waals surface area contributed by atoms with E-state index >= 15 is 0 Å². The first-order valence-electron chi connectivity index (χ1n) is 12.9. The van der Waals surface area contributed by atoms with E-state index in [1.807, 2.05) is 0 Å². The normalized spacial score (nSPS) is 18.1. The lowest BCUT2D eigenvalue weighted by Gasteiger charge is -2.33. The van der Waals surface area contributed by atoms with E-state index in [-0.39, 0.29) is 35.8 Å². The van der Waals surface area contributed by atoms with Crippen LogP contribution in [0.5, 0.6) is 5.75 Å². The van der Waals surface area contributed by atoms with E-state index in [1.165, 1.54) is 6.07 Å². The molecule has 1 unspecified atom stereocenters. The summed E-state index contributed by atoms with van der Waals surface area (Å²) >= 11 is 6.68. The fourth-order valence-corrected chi connectivity index (χ4v) is 5.35. The number of pyridine rings is 2. The van der Waals surface area contributed by atoms with Crippen LogP contribution in [0.15, 0.2) is 36.5 Å². The molecule has 9 nitrogen and oxygen atoms in total. The van der Waals surface area contributed by atoms with Gasteiger partial charge in [0.2, 0.25) is 0 Å². The van der Waals surface area contributed by atoms with Gasteiger partial charge in [0, 0.05) is 37.4 Å². The summed E-state index contributed by atoms with van der Waals surface area (Å²) < 4.78 is 25.5. The molecule has 1 saturated carbocycles. The van der Waals surface area contributed by atoms with E-state index < -0.39 is 11.9 Å². The molecule has 0 bridgehead atoms. The molecule has 2 N–H and O–H groups in total. The quantitative estimate of drug-likeness (QED) is 0.394. The minimum absolute atomic E-state index is 0.235. The maximum Gasteiger partial charge on any atom is 0.326 e. The molecule has 1 aliphatic carbocycles. The van der Waals surface area contributed by atoms with Crippen LogP contribution in [0.3, 0.4) is 0 Å². The van der Waals surface area contributed by atoms with E-state index in [1.54, 1.807) is 42.5 Å². The van der Waals surface area contributed by atoms with Gasteiger partial charge in [-0.05, 0) is 55.5 Å². The topological polar surface area (TPSA) is 106 Å². The first-order valence-corrected chi connectivity index (χ1v) is 13.3. The number of halogens is 2. The molecule has 4 heterocycles. The predicted octanol–water partition coefficient (Wildman–Crippen LogP) is 5.14. The molecule has 0 spiro atoms. The van der Waals surface area contributed by atoms with Crippen molar-refractivity contribution in [3.63, 3.8) is 0 Å². The van der Waals surface area contributed by atoms with Crippen LogP contribution in [-0.2, 0) is 17.7 Å². The third kappa shape index (κ3) is 5.02. The molecule has 3 aromatic rings. The fraction of sp³-hybridized carbons (Fsp3) is 0.357. The maximum atomic E-state index is 14.4. The smallest absolute Gasteiger partial charge is 0.326 e. The Hall–Kier alpha value is -3.76. The molecular formula is C28H27ClFN5O4. The molecule has 2 aliphatic heterocycles. The molecule has 3 amide bonds. The van der Waals surface area contributed by atoms with Gasteiger partial charge in [-0.15, -0.1) is 0 Å². The highest BCUT2D eigenvalue weighted by molar-refractivity contribution is 6.34. The Bertz CT molecular complexity index is 1460. The van der Waals surface area contributed by atoms with Crippen LogP contribution in [0.25, 0.3) is 0 Å². The largest absolute Gasteiger partial charge is 0.484 e. The Balaban J connectivity index is 1.30. The van der Waals surface area contributed by atoms with Crippen molar-refractivity contribution in [3.8, 4) is 5.75 Å². The molecule has 0 saturated heterocycles. The van der Waals surface area contributed by atoms with Gasteiger partial charge in [0.15, 0.2) is 0 Å². The molecule has 1 aromatic carbocycles. The fourth-order valence-electron chi connectivity index (χ4n) is 5.07. The first kappa shape index (κ1) is 25.5. The number of fused-ring (bicyclic) bond motifs is 2. The van der Waals surface area contributed by atoms with Gasteiger partial charge >= 0.3 is 6.03 Å². The number of carbonyl (C=O) groups is 2. The number of rotatable bonds is 7. The third-order valence-electron chi connectivity index (χ3n) is 7.21. The molecular weight excluding hydrogens is 525 g/mol. The van der Waals surface area contributed by atoms with Crippen molar-refractivity contribution in [1.29, 1.82) is 0 Å². The number of benzene rings is 1. The molecule has 2 aromatic heterocycles. The highest BCUT2D eigenvalue weighted by Crippen LogP contribution is 2.46. The zero-order chi connectivity index (χ0) is 27.1. The number of amides is 3. The Morgan fingerprint density at radius 1 is 1.28 bits per heavy atom. The average molecular weight is 552 g/mol. The van der Waals surface area contributed by atoms with Crippen LogP contribution >= 0.6 is 11.6 Å². The van der Waals surface area contributed by atoms with Crippen LogP contribution in [0.4, 0.5) is 20.6 Å². The third-order valence-corrected chi connectivity index (χ3v) is 7.51. The van der Waals surface area contributed by atoms with Crippen molar-refractivity contribution in [1.82, 2.24) is 15.3 Å². The van der Waals surface area contributed by atoms with E-state index in [9.17, 15) is 14.0 Å². The van der Waals surface area contributed by atoms with Gasteiger partial charge in [-0.1, -0.05) is 11.6 Å². The van der Waals surface area contributed by atoms with Gasteiger partial charge in [-0.25, -0.2) is 14.2 Å². The summed E-state index contributed by atoms with van der Waals surface area (Å²) in [6.07, 6.45) is 4.15. The number of ether oxygens (including phenoxy) is 2. The number of hydrogen-bond donors (Lipinski definition) is 2. The second kappa shape index (κ2) is 10.4. The molecule has 202 valence electrons. The van der Waals surface area contributed by atoms with Gasteiger partial charge in [-0.3, -0.25) is 14.7 Å². The minimum Gasteiger partial charge on any atom is -0.484 e. The lowest BCUT2D eigenvalue weighted by Crippen LogP contribution is -2.40. The van der Waals surface area contributed by atoms with Crippen LogP contribution in [0.2, 0.25) is 5.02 Å². The number of nitrogens with zero attached hydrogens (tertiary/aromatic N) is 3. The number of hydrogen-bond acceptors (Lipinski definition) is 6. The van der Waals surface area contributed by atoms with E-state index in [0.29, 0.717) is 48.1 Å². The van der Waals surface area contributed by atoms with Crippen LogP contribution < -0.4 is 20.3 Å². The Morgan fingerprint density at radius 2 is 2.13 bits per heavy atom. The molecule has 3 aliphatic rings. The standard InChI is InChI=1S/C28H27ClFN5O4/c1-38-10-9-32-27(36)21-12-20-17(25(33-21)15-4-5-15)14-35(28(37)34-20)22-13-24-16(11-18(22)29)6-7-23(39-24)26-19(30)3-2-8-31-26/h2-3,8,11-13,15,23H,4-7,9-10,14H2,1H3,(H,32,36)(H,34,37). The van der Waals surface area contributed by atoms with E-state index in [2.05, 4.69) is 15.6 Å². The predicted molar refractivity (Wildman–Crippen MR) is 143 cm³/mol. The van der Waals surface area contributed by atoms with Crippen LogP contribution in [0, 0.1) is 5.82 Å². The van der Waals surface area contributed by atoms with Crippen molar-refractivity contribution in [2.75, 3.05) is 30.5 Å². The SMILES string of the molecule is COCCNC(=O)c1cc2c(c(C3CC3)n1)CN(c1cc3c(cc1Cl)CCC(c1ncccc1F)O3)C(=O)N2. The number of carbonyl (C=O) groups excluding carboxylic acids is 2. The van der Waals surface area contributed by atoms with Crippen LogP contribution in [0.1, 0.15) is 64.3 Å². The minimum atomic E-state index is -0.539. The maximum absolute atomic E-state index is 14.4. The highest BCUT2D eigenvalue weighted by atomic mass is 35.5. The summed E-state index contributed by atoms with van der Waals surface area (Å²) in [5, 5.41) is 6.12. The molecule has 11 heteroatoms. The Labute approximate surface area is 229 Å². The highest BCUT2D eigenvalue weighted by Gasteiger charge is 2.36. The molecule has 1 atom stereocenters. The van der Waals surface area contributed by atoms with Crippen molar-refractivity contribution >= 4 is 34.9 Å². The number of aromatic nitrogens is 2. The number of urea groups is 1. The summed E-state index contributed by atoms with van der Waals surface area (Å²) in [5.74, 6) is 0.0397. The zero-order valence-electron chi connectivity index (χ0n) is 21.3. The van der Waals surface area contributed by atoms with Crippen molar-refractivity contribution in [2.24, 2.45) is 0 Å². The number of methoxy groups -OCH3 is 1. The van der Waals surface area contributed by atoms with Gasteiger partial charge in [0.25, 0.3) is 5.91 Å². The summed E-state index contributed by atoms with van der Waals surface area (Å²) in [5.41, 5.74) is 4.11. The van der Waals surface area contributed by atoms with E-state index in [4.69, 9.17) is 26.1 Å².